The number of hydrogen-bond acceptors (Lipinski definition) is 3. The van der Waals surface area contributed by atoms with Crippen molar-refractivity contribution in [2.75, 3.05) is 19.7 Å². The monoisotopic (exact) mass is 281 g/mol. The zero-order valence-corrected chi connectivity index (χ0v) is 11.3. The summed E-state index contributed by atoms with van der Waals surface area (Å²) in [5.74, 6) is 0. The molecule has 0 fully saturated rings. The number of nitrogens with zero attached hydrogens (tertiary/aromatic N) is 3. The van der Waals surface area contributed by atoms with E-state index in [-0.39, 0.29) is 26.2 Å². The van der Waals surface area contributed by atoms with Gasteiger partial charge in [-0.25, -0.2) is 8.78 Å². The fourth-order valence-electron chi connectivity index (χ4n) is 1.77. The van der Waals surface area contributed by atoms with Crippen LogP contribution in [0.3, 0.4) is 0 Å². The summed E-state index contributed by atoms with van der Waals surface area (Å²) < 4.78 is 26.4. The average molecular weight is 282 g/mol. The third kappa shape index (κ3) is 3.90. The van der Waals surface area contributed by atoms with Gasteiger partial charge < -0.3 is 5.11 Å². The van der Waals surface area contributed by atoms with Crippen molar-refractivity contribution in [3.05, 3.63) is 16.4 Å². The van der Waals surface area contributed by atoms with Gasteiger partial charge in [0.05, 0.1) is 29.6 Å². The van der Waals surface area contributed by atoms with E-state index in [9.17, 15) is 8.78 Å². The summed E-state index contributed by atoms with van der Waals surface area (Å²) in [4.78, 5) is 1.47. The molecule has 0 amide bonds. The van der Waals surface area contributed by atoms with Crippen molar-refractivity contribution in [3.8, 4) is 0 Å². The first kappa shape index (κ1) is 15.3. The summed E-state index contributed by atoms with van der Waals surface area (Å²) in [5.41, 5.74) is 1.46. The van der Waals surface area contributed by atoms with Gasteiger partial charge in [0.1, 0.15) is 0 Å². The Morgan fingerprint density at radius 1 is 1.50 bits per heavy atom. The van der Waals surface area contributed by atoms with Crippen molar-refractivity contribution < 1.29 is 13.9 Å². The van der Waals surface area contributed by atoms with E-state index in [4.69, 9.17) is 16.7 Å². The molecule has 0 atom stereocenters. The fraction of sp³-hybridized carbons (Fsp3) is 0.727. The normalized spacial score (nSPS) is 11.8. The van der Waals surface area contributed by atoms with Gasteiger partial charge in [-0.1, -0.05) is 18.5 Å². The van der Waals surface area contributed by atoms with Gasteiger partial charge in [-0.2, -0.15) is 5.10 Å². The van der Waals surface area contributed by atoms with Crippen LogP contribution in [0.5, 0.6) is 0 Å². The summed E-state index contributed by atoms with van der Waals surface area (Å²) in [7, 11) is 1.74. The molecule has 1 aromatic rings. The maximum absolute atomic E-state index is 12.4. The first-order valence-electron chi connectivity index (χ1n) is 5.81. The van der Waals surface area contributed by atoms with E-state index in [1.165, 1.54) is 4.90 Å². The Labute approximate surface area is 110 Å². The molecule has 0 saturated heterocycles. The minimum atomic E-state index is -2.44. The Balaban J connectivity index is 2.82. The zero-order valence-electron chi connectivity index (χ0n) is 10.5. The molecule has 0 aliphatic heterocycles. The van der Waals surface area contributed by atoms with Crippen molar-refractivity contribution in [1.82, 2.24) is 14.7 Å². The topological polar surface area (TPSA) is 41.3 Å². The maximum Gasteiger partial charge on any atom is 0.251 e. The first-order valence-corrected chi connectivity index (χ1v) is 6.19. The average Bonchev–Trinajstić information content (AvgIpc) is 2.56. The van der Waals surface area contributed by atoms with Gasteiger partial charge in [-0.05, 0) is 6.42 Å². The third-order valence-corrected chi connectivity index (χ3v) is 3.13. The number of aliphatic hydroxyl groups excluding tert-OH is 1. The number of hydrogen-bond donors (Lipinski definition) is 1. The smallest absolute Gasteiger partial charge is 0.251 e. The van der Waals surface area contributed by atoms with Gasteiger partial charge in [0.2, 0.25) is 0 Å². The molecule has 104 valence electrons. The summed E-state index contributed by atoms with van der Waals surface area (Å²) in [5, 5.41) is 13.6. The number of aryl methyl sites for hydroxylation is 2. The second-order valence-electron chi connectivity index (χ2n) is 4.03. The molecular formula is C11H18ClF2N3O. The molecule has 0 saturated carbocycles. The van der Waals surface area contributed by atoms with E-state index in [1.54, 1.807) is 11.7 Å². The standard InChI is InChI=1S/C11H18ClF2N3O/c1-3-8-11(12)9(16(2)15-8)6-17(4-5-18)7-10(13)14/h10,18H,3-7H2,1-2H3. The molecule has 0 aromatic carbocycles. The first-order chi connectivity index (χ1) is 8.49. The van der Waals surface area contributed by atoms with Crippen molar-refractivity contribution in [1.29, 1.82) is 0 Å². The molecule has 4 nitrogen and oxygen atoms in total. The van der Waals surface area contributed by atoms with Crippen LogP contribution in [-0.2, 0) is 20.0 Å². The molecule has 0 unspecified atom stereocenters. The van der Waals surface area contributed by atoms with Crippen molar-refractivity contribution in [2.45, 2.75) is 26.3 Å². The van der Waals surface area contributed by atoms with E-state index < -0.39 is 6.43 Å². The highest BCUT2D eigenvalue weighted by Crippen LogP contribution is 2.22. The lowest BCUT2D eigenvalue weighted by atomic mass is 10.3. The molecule has 0 radical (unpaired) electrons. The lowest BCUT2D eigenvalue weighted by Crippen LogP contribution is -2.32. The van der Waals surface area contributed by atoms with Crippen molar-refractivity contribution in [2.24, 2.45) is 7.05 Å². The zero-order chi connectivity index (χ0) is 13.7. The molecule has 0 aliphatic carbocycles. The van der Waals surface area contributed by atoms with Crippen LogP contribution < -0.4 is 0 Å². The van der Waals surface area contributed by atoms with Gasteiger partial charge in [-0.15, -0.1) is 0 Å². The van der Waals surface area contributed by atoms with Gasteiger partial charge in [0.15, 0.2) is 0 Å². The summed E-state index contributed by atoms with van der Waals surface area (Å²) in [6.07, 6.45) is -1.74. The van der Waals surface area contributed by atoms with Gasteiger partial charge in [-0.3, -0.25) is 9.58 Å². The number of alkyl halides is 2. The van der Waals surface area contributed by atoms with E-state index in [1.807, 2.05) is 6.92 Å². The van der Waals surface area contributed by atoms with Crippen LogP contribution in [0.4, 0.5) is 8.78 Å². The number of halogens is 3. The molecule has 7 heteroatoms. The Morgan fingerprint density at radius 2 is 2.17 bits per heavy atom. The third-order valence-electron chi connectivity index (χ3n) is 2.69. The predicted octanol–water partition coefficient (Wildman–Crippen LogP) is 1.70. The minimum Gasteiger partial charge on any atom is -0.395 e. The van der Waals surface area contributed by atoms with E-state index in [2.05, 4.69) is 5.10 Å². The summed E-state index contributed by atoms with van der Waals surface area (Å²) >= 11 is 6.15. The van der Waals surface area contributed by atoms with Gasteiger partial charge in [0.25, 0.3) is 6.43 Å². The van der Waals surface area contributed by atoms with Crippen LogP contribution in [0.25, 0.3) is 0 Å². The minimum absolute atomic E-state index is 0.164. The largest absolute Gasteiger partial charge is 0.395 e. The van der Waals surface area contributed by atoms with E-state index >= 15 is 0 Å². The number of aromatic nitrogens is 2. The molecule has 0 aliphatic rings. The fourth-order valence-corrected chi connectivity index (χ4v) is 2.13. The van der Waals surface area contributed by atoms with E-state index in [0.29, 0.717) is 17.1 Å². The van der Waals surface area contributed by atoms with Crippen LogP contribution in [0.15, 0.2) is 0 Å². The lowest BCUT2D eigenvalue weighted by molar-refractivity contribution is 0.0734. The van der Waals surface area contributed by atoms with Crippen LogP contribution in [-0.4, -0.2) is 45.9 Å². The molecule has 0 bridgehead atoms. The maximum atomic E-state index is 12.4. The second kappa shape index (κ2) is 7.01. The van der Waals surface area contributed by atoms with Crippen LogP contribution in [0.1, 0.15) is 18.3 Å². The molecule has 1 rings (SSSR count). The molecule has 1 N–H and O–H groups in total. The van der Waals surface area contributed by atoms with Crippen molar-refractivity contribution in [3.63, 3.8) is 0 Å². The Bertz CT molecular complexity index is 385. The SMILES string of the molecule is CCc1nn(C)c(CN(CCO)CC(F)F)c1Cl. The summed E-state index contributed by atoms with van der Waals surface area (Å²) in [6.45, 7) is 1.83. The molecular weight excluding hydrogens is 264 g/mol. The molecule has 1 heterocycles. The predicted molar refractivity (Wildman–Crippen MR) is 66.0 cm³/mol. The number of rotatable bonds is 7. The molecule has 1 aromatic heterocycles. The second-order valence-corrected chi connectivity index (χ2v) is 4.41. The highest BCUT2D eigenvalue weighted by Gasteiger charge is 2.18. The van der Waals surface area contributed by atoms with Crippen LogP contribution >= 0.6 is 11.6 Å². The van der Waals surface area contributed by atoms with Crippen molar-refractivity contribution >= 4 is 11.6 Å². The number of aliphatic hydroxyl groups is 1. The lowest BCUT2D eigenvalue weighted by Gasteiger charge is -2.20. The molecule has 18 heavy (non-hydrogen) atoms. The van der Waals surface area contributed by atoms with Crippen LogP contribution in [0.2, 0.25) is 5.02 Å². The Hall–Kier alpha value is -0.720. The highest BCUT2D eigenvalue weighted by molar-refractivity contribution is 6.31. The van der Waals surface area contributed by atoms with E-state index in [0.717, 1.165) is 5.69 Å². The summed E-state index contributed by atoms with van der Waals surface area (Å²) in [6, 6.07) is 0. The molecule has 0 spiro atoms. The van der Waals surface area contributed by atoms with Gasteiger partial charge in [0, 0.05) is 20.1 Å². The quantitative estimate of drug-likeness (QED) is 0.827. The highest BCUT2D eigenvalue weighted by atomic mass is 35.5. The Morgan fingerprint density at radius 3 is 2.61 bits per heavy atom. The van der Waals surface area contributed by atoms with Gasteiger partial charge >= 0.3 is 0 Å². The Kier molecular flexibility index (Phi) is 5.98. The van der Waals surface area contributed by atoms with Crippen LogP contribution in [0, 0.1) is 0 Å².